The Morgan fingerprint density at radius 3 is 2.67 bits per heavy atom. The van der Waals surface area contributed by atoms with Gasteiger partial charge in [0.15, 0.2) is 0 Å². The Kier molecular flexibility index (Phi) is 5.55. The van der Waals surface area contributed by atoms with Gasteiger partial charge in [0.05, 0.1) is 29.3 Å². The fourth-order valence-corrected chi connectivity index (χ4v) is 5.06. The minimum Gasteiger partial charge on any atom is -0.375 e. The van der Waals surface area contributed by atoms with E-state index in [1.54, 1.807) is 6.07 Å². The number of nitrogens with zero attached hydrogens (tertiary/aromatic N) is 2. The van der Waals surface area contributed by atoms with Crippen molar-refractivity contribution in [2.45, 2.75) is 52.9 Å². The van der Waals surface area contributed by atoms with E-state index in [0.717, 1.165) is 15.3 Å². The molecule has 1 aliphatic rings. The summed E-state index contributed by atoms with van der Waals surface area (Å²) in [5, 5.41) is 3.90. The summed E-state index contributed by atoms with van der Waals surface area (Å²) in [5.74, 6) is 0.254. The molecule has 0 radical (unpaired) electrons. The third-order valence-electron chi connectivity index (χ3n) is 5.56. The van der Waals surface area contributed by atoms with Crippen molar-refractivity contribution >= 4 is 32.9 Å². The highest BCUT2D eigenvalue weighted by atomic mass is 32.1. The number of aromatic amines is 1. The van der Waals surface area contributed by atoms with Gasteiger partial charge in [0.25, 0.3) is 5.56 Å². The number of aromatic nitrogens is 2. The molecule has 2 aromatic heterocycles. The lowest BCUT2D eigenvalue weighted by Gasteiger charge is -2.37. The van der Waals surface area contributed by atoms with Crippen molar-refractivity contribution in [3.63, 3.8) is 0 Å². The normalized spacial score (nSPS) is 20.5. The SMILES string of the molecule is Cc1sc2nc([C@H](C)Nc3ccc(N4C[C@@H](C)O[C@@H](C)C4)c(F)c3)[nH]c(=O)c2c1C. The van der Waals surface area contributed by atoms with E-state index in [0.29, 0.717) is 35.7 Å². The number of thiophene rings is 1. The zero-order chi connectivity index (χ0) is 21.6. The van der Waals surface area contributed by atoms with Crippen molar-refractivity contribution in [2.24, 2.45) is 0 Å². The van der Waals surface area contributed by atoms with Gasteiger partial charge < -0.3 is 19.9 Å². The van der Waals surface area contributed by atoms with Crippen molar-refractivity contribution in [1.82, 2.24) is 9.97 Å². The van der Waals surface area contributed by atoms with Crippen LogP contribution in [0.3, 0.4) is 0 Å². The van der Waals surface area contributed by atoms with Crippen LogP contribution >= 0.6 is 11.3 Å². The van der Waals surface area contributed by atoms with Crippen molar-refractivity contribution < 1.29 is 9.13 Å². The fourth-order valence-electron chi connectivity index (χ4n) is 4.02. The molecule has 1 saturated heterocycles. The van der Waals surface area contributed by atoms with Gasteiger partial charge in [0.2, 0.25) is 0 Å². The number of rotatable bonds is 4. The van der Waals surface area contributed by atoms with Crippen LogP contribution in [0.25, 0.3) is 10.2 Å². The first-order valence-corrected chi connectivity index (χ1v) is 11.0. The van der Waals surface area contributed by atoms with Gasteiger partial charge in [0, 0.05) is 23.7 Å². The molecule has 4 rings (SSSR count). The van der Waals surface area contributed by atoms with Gasteiger partial charge in [0.1, 0.15) is 16.5 Å². The Labute approximate surface area is 179 Å². The second-order valence-electron chi connectivity index (χ2n) is 8.11. The van der Waals surface area contributed by atoms with Crippen LogP contribution in [0.1, 0.15) is 43.1 Å². The van der Waals surface area contributed by atoms with E-state index in [1.165, 1.54) is 17.4 Å². The molecule has 2 N–H and O–H groups in total. The van der Waals surface area contributed by atoms with Crippen LogP contribution in [0.2, 0.25) is 0 Å². The lowest BCUT2D eigenvalue weighted by Crippen LogP contribution is -2.45. The first-order valence-electron chi connectivity index (χ1n) is 10.2. The number of hydrogen-bond acceptors (Lipinski definition) is 6. The summed E-state index contributed by atoms with van der Waals surface area (Å²) >= 11 is 1.52. The summed E-state index contributed by atoms with van der Waals surface area (Å²) in [4.78, 5) is 23.9. The molecule has 1 aromatic carbocycles. The first-order chi connectivity index (χ1) is 14.2. The van der Waals surface area contributed by atoms with Gasteiger partial charge >= 0.3 is 0 Å². The van der Waals surface area contributed by atoms with Crippen LogP contribution < -0.4 is 15.8 Å². The Bertz CT molecular complexity index is 1130. The molecule has 0 spiro atoms. The van der Waals surface area contributed by atoms with E-state index < -0.39 is 0 Å². The van der Waals surface area contributed by atoms with E-state index in [1.807, 2.05) is 45.6 Å². The highest BCUT2D eigenvalue weighted by molar-refractivity contribution is 7.18. The Morgan fingerprint density at radius 1 is 1.30 bits per heavy atom. The lowest BCUT2D eigenvalue weighted by molar-refractivity contribution is -0.00539. The molecule has 0 saturated carbocycles. The summed E-state index contributed by atoms with van der Waals surface area (Å²) in [5.41, 5.74) is 2.05. The maximum atomic E-state index is 14.9. The minimum absolute atomic E-state index is 0.0633. The molecule has 1 aliphatic heterocycles. The van der Waals surface area contributed by atoms with Crippen LogP contribution in [0.15, 0.2) is 23.0 Å². The molecule has 0 amide bonds. The highest BCUT2D eigenvalue weighted by Gasteiger charge is 2.24. The fraction of sp³-hybridized carbons (Fsp3) is 0.455. The van der Waals surface area contributed by atoms with Crippen LogP contribution in [-0.2, 0) is 4.74 Å². The maximum Gasteiger partial charge on any atom is 0.259 e. The number of H-pyrrole nitrogens is 1. The molecule has 6 nitrogen and oxygen atoms in total. The molecular weight excluding hydrogens is 403 g/mol. The monoisotopic (exact) mass is 430 g/mol. The summed E-state index contributed by atoms with van der Waals surface area (Å²) in [6, 6.07) is 4.86. The van der Waals surface area contributed by atoms with Crippen molar-refractivity contribution in [3.8, 4) is 0 Å². The lowest BCUT2D eigenvalue weighted by atomic mass is 10.1. The van der Waals surface area contributed by atoms with Gasteiger partial charge in [-0.1, -0.05) is 0 Å². The number of ether oxygens (including phenoxy) is 1. The summed E-state index contributed by atoms with van der Waals surface area (Å²) in [6.45, 7) is 11.1. The number of morpholine rings is 1. The van der Waals surface area contributed by atoms with Crippen molar-refractivity contribution in [2.75, 3.05) is 23.3 Å². The zero-order valence-electron chi connectivity index (χ0n) is 17.9. The van der Waals surface area contributed by atoms with E-state index in [4.69, 9.17) is 4.74 Å². The molecule has 1 fully saturated rings. The van der Waals surface area contributed by atoms with Gasteiger partial charge in [-0.15, -0.1) is 11.3 Å². The third-order valence-corrected chi connectivity index (χ3v) is 6.66. The Balaban J connectivity index is 1.55. The number of benzene rings is 1. The van der Waals surface area contributed by atoms with Crippen LogP contribution in [0.4, 0.5) is 15.8 Å². The van der Waals surface area contributed by atoms with Gasteiger partial charge in [-0.25, -0.2) is 9.37 Å². The van der Waals surface area contributed by atoms with E-state index in [-0.39, 0.29) is 29.6 Å². The highest BCUT2D eigenvalue weighted by Crippen LogP contribution is 2.29. The standard InChI is InChI=1S/C22H27FN4O2S/c1-11-9-27(10-12(2)29-11)18-7-6-16(8-17(18)23)24-14(4)20-25-21(28)19-13(3)15(5)30-22(19)26-20/h6-8,11-12,14,24H,9-10H2,1-5H3,(H,25,26,28)/t11-,12+,14-/m0/s1. The minimum atomic E-state index is -0.282. The van der Waals surface area contributed by atoms with Crippen molar-refractivity contribution in [1.29, 1.82) is 0 Å². The molecule has 3 atom stereocenters. The largest absolute Gasteiger partial charge is 0.375 e. The second kappa shape index (κ2) is 8.00. The van der Waals surface area contributed by atoms with Gasteiger partial charge in [-0.2, -0.15) is 0 Å². The molecule has 8 heteroatoms. The zero-order valence-corrected chi connectivity index (χ0v) is 18.7. The van der Waals surface area contributed by atoms with Gasteiger partial charge in [-0.3, -0.25) is 4.79 Å². The number of aryl methyl sites for hydroxylation is 2. The molecule has 0 aliphatic carbocycles. The summed E-state index contributed by atoms with van der Waals surface area (Å²) < 4.78 is 20.6. The van der Waals surface area contributed by atoms with E-state index in [9.17, 15) is 9.18 Å². The van der Waals surface area contributed by atoms with Crippen LogP contribution in [0, 0.1) is 19.7 Å². The molecular formula is C22H27FN4O2S. The third kappa shape index (κ3) is 3.94. The van der Waals surface area contributed by atoms with E-state index in [2.05, 4.69) is 15.3 Å². The molecule has 3 aromatic rings. The van der Waals surface area contributed by atoms with Crippen LogP contribution in [-0.4, -0.2) is 35.3 Å². The smallest absolute Gasteiger partial charge is 0.259 e. The molecule has 0 bridgehead atoms. The molecule has 160 valence electrons. The molecule has 30 heavy (non-hydrogen) atoms. The quantitative estimate of drug-likeness (QED) is 0.637. The molecule has 0 unspecified atom stereocenters. The van der Waals surface area contributed by atoms with Crippen LogP contribution in [0.5, 0.6) is 0 Å². The predicted octanol–water partition coefficient (Wildman–Crippen LogP) is 4.53. The maximum absolute atomic E-state index is 14.9. The Morgan fingerprint density at radius 2 is 2.00 bits per heavy atom. The summed E-state index contributed by atoms with van der Waals surface area (Å²) in [7, 11) is 0. The van der Waals surface area contributed by atoms with E-state index >= 15 is 0 Å². The average Bonchev–Trinajstić information content (AvgIpc) is 2.95. The number of hydrogen-bond donors (Lipinski definition) is 2. The Hall–Kier alpha value is -2.45. The first kappa shape index (κ1) is 20.8. The second-order valence-corrected chi connectivity index (χ2v) is 9.31. The summed E-state index contributed by atoms with van der Waals surface area (Å²) in [6.07, 6.45) is 0.127. The number of anilines is 2. The predicted molar refractivity (Wildman–Crippen MR) is 120 cm³/mol. The average molecular weight is 431 g/mol. The topological polar surface area (TPSA) is 70.2 Å². The number of halogens is 1. The number of fused-ring (bicyclic) bond motifs is 1. The molecule has 3 heterocycles. The number of nitrogens with one attached hydrogen (secondary N) is 2. The van der Waals surface area contributed by atoms with Crippen molar-refractivity contribution in [3.05, 3.63) is 50.6 Å². The van der Waals surface area contributed by atoms with Gasteiger partial charge in [-0.05, 0) is 58.4 Å².